The number of hydrogen-bond acceptors (Lipinski definition) is 2. The highest BCUT2D eigenvalue weighted by Gasteiger charge is 2.61. The van der Waals surface area contributed by atoms with Crippen molar-refractivity contribution in [1.29, 1.82) is 0 Å². The summed E-state index contributed by atoms with van der Waals surface area (Å²) in [5.41, 5.74) is -0.864. The van der Waals surface area contributed by atoms with Gasteiger partial charge in [-0.3, -0.25) is 0 Å². The molecular weight excluding hydrogens is 188 g/mol. The summed E-state index contributed by atoms with van der Waals surface area (Å²) in [7, 11) is 0. The van der Waals surface area contributed by atoms with E-state index in [1.807, 2.05) is 6.92 Å². The van der Waals surface area contributed by atoms with E-state index >= 15 is 0 Å². The molecule has 1 aliphatic carbocycles. The van der Waals surface area contributed by atoms with Crippen LogP contribution < -0.4 is 0 Å². The van der Waals surface area contributed by atoms with Gasteiger partial charge in [0.25, 0.3) is 0 Å². The topological polar surface area (TPSA) is 29.5 Å². The SMILES string of the molecule is C[C@H]1CC[C@@]2(O1)C(C)(C)CCC[C@]2(C)O. The zero-order valence-corrected chi connectivity index (χ0v) is 10.5. The molecule has 0 radical (unpaired) electrons. The molecule has 1 aliphatic heterocycles. The van der Waals surface area contributed by atoms with Gasteiger partial charge in [-0.15, -0.1) is 0 Å². The first-order valence-electron chi connectivity index (χ1n) is 6.21. The highest BCUT2D eigenvalue weighted by Crippen LogP contribution is 2.57. The predicted molar refractivity (Wildman–Crippen MR) is 60.8 cm³/mol. The summed E-state index contributed by atoms with van der Waals surface area (Å²) in [5.74, 6) is 0. The lowest BCUT2D eigenvalue weighted by Gasteiger charge is -2.56. The summed E-state index contributed by atoms with van der Waals surface area (Å²) >= 11 is 0. The van der Waals surface area contributed by atoms with E-state index in [2.05, 4.69) is 20.8 Å². The molecule has 0 amide bonds. The molecule has 2 nitrogen and oxygen atoms in total. The van der Waals surface area contributed by atoms with Crippen molar-refractivity contribution in [3.63, 3.8) is 0 Å². The fourth-order valence-corrected chi connectivity index (χ4v) is 3.77. The molecule has 1 N–H and O–H groups in total. The lowest BCUT2D eigenvalue weighted by molar-refractivity contribution is -0.239. The van der Waals surface area contributed by atoms with Crippen molar-refractivity contribution in [3.8, 4) is 0 Å². The molecule has 0 unspecified atom stereocenters. The minimum Gasteiger partial charge on any atom is -0.387 e. The van der Waals surface area contributed by atoms with Crippen molar-refractivity contribution in [1.82, 2.24) is 0 Å². The van der Waals surface area contributed by atoms with Crippen LogP contribution in [0.15, 0.2) is 0 Å². The minimum atomic E-state index is -0.653. The van der Waals surface area contributed by atoms with Gasteiger partial charge in [-0.1, -0.05) is 13.8 Å². The summed E-state index contributed by atoms with van der Waals surface area (Å²) in [6, 6.07) is 0. The van der Waals surface area contributed by atoms with Crippen LogP contribution in [0.3, 0.4) is 0 Å². The van der Waals surface area contributed by atoms with Gasteiger partial charge in [-0.2, -0.15) is 0 Å². The lowest BCUT2D eigenvalue weighted by atomic mass is 9.57. The predicted octanol–water partition coefficient (Wildman–Crippen LogP) is 2.89. The number of ether oxygens (including phenoxy) is 1. The Morgan fingerprint density at radius 3 is 2.27 bits per heavy atom. The molecule has 1 spiro atoms. The maximum Gasteiger partial charge on any atom is 0.102 e. The van der Waals surface area contributed by atoms with Gasteiger partial charge >= 0.3 is 0 Å². The summed E-state index contributed by atoms with van der Waals surface area (Å²) in [6.07, 6.45) is 5.54. The summed E-state index contributed by atoms with van der Waals surface area (Å²) in [4.78, 5) is 0. The van der Waals surface area contributed by atoms with E-state index < -0.39 is 5.60 Å². The third-order valence-corrected chi connectivity index (χ3v) is 4.73. The zero-order chi connectivity index (χ0) is 11.3. The molecule has 2 heteroatoms. The minimum absolute atomic E-state index is 0.0967. The van der Waals surface area contributed by atoms with E-state index in [0.717, 1.165) is 32.1 Å². The van der Waals surface area contributed by atoms with E-state index in [1.165, 1.54) is 0 Å². The van der Waals surface area contributed by atoms with Gasteiger partial charge in [0.2, 0.25) is 0 Å². The molecular formula is C13H24O2. The maximum atomic E-state index is 10.7. The molecule has 1 saturated heterocycles. The largest absolute Gasteiger partial charge is 0.387 e. The molecule has 3 atom stereocenters. The van der Waals surface area contributed by atoms with Crippen LogP contribution in [0, 0.1) is 5.41 Å². The maximum absolute atomic E-state index is 10.7. The van der Waals surface area contributed by atoms with E-state index in [9.17, 15) is 5.11 Å². The number of rotatable bonds is 0. The molecule has 88 valence electrons. The molecule has 0 aromatic carbocycles. The van der Waals surface area contributed by atoms with Gasteiger partial charge in [0.15, 0.2) is 0 Å². The van der Waals surface area contributed by atoms with Crippen LogP contribution in [0.25, 0.3) is 0 Å². The van der Waals surface area contributed by atoms with E-state index in [-0.39, 0.29) is 11.0 Å². The van der Waals surface area contributed by atoms with Crippen LogP contribution in [-0.2, 0) is 4.74 Å². The third kappa shape index (κ3) is 1.45. The van der Waals surface area contributed by atoms with Crippen LogP contribution >= 0.6 is 0 Å². The van der Waals surface area contributed by atoms with E-state index in [0.29, 0.717) is 6.10 Å². The second-order valence-corrected chi connectivity index (χ2v) is 6.31. The van der Waals surface area contributed by atoms with Crippen molar-refractivity contribution in [2.24, 2.45) is 5.41 Å². The summed E-state index contributed by atoms with van der Waals surface area (Å²) in [6.45, 7) is 8.58. The fourth-order valence-electron chi connectivity index (χ4n) is 3.77. The van der Waals surface area contributed by atoms with Gasteiger partial charge in [0.1, 0.15) is 5.60 Å². The molecule has 0 aromatic heterocycles. The Morgan fingerprint density at radius 1 is 1.13 bits per heavy atom. The van der Waals surface area contributed by atoms with Crippen LogP contribution in [0.4, 0.5) is 0 Å². The molecule has 1 saturated carbocycles. The highest BCUT2D eigenvalue weighted by molar-refractivity contribution is 5.12. The smallest absolute Gasteiger partial charge is 0.102 e. The van der Waals surface area contributed by atoms with Gasteiger partial charge in [-0.05, 0) is 51.4 Å². The average Bonchev–Trinajstić information content (AvgIpc) is 2.46. The third-order valence-electron chi connectivity index (χ3n) is 4.73. The first-order valence-corrected chi connectivity index (χ1v) is 6.21. The fraction of sp³-hybridized carbons (Fsp3) is 1.00. The Balaban J connectivity index is 2.38. The first kappa shape index (κ1) is 11.4. The van der Waals surface area contributed by atoms with Gasteiger partial charge in [-0.25, -0.2) is 0 Å². The average molecular weight is 212 g/mol. The molecule has 2 aliphatic rings. The van der Waals surface area contributed by atoms with Gasteiger partial charge in [0, 0.05) is 0 Å². The van der Waals surface area contributed by atoms with E-state index in [4.69, 9.17) is 4.74 Å². The van der Waals surface area contributed by atoms with Crippen molar-refractivity contribution in [3.05, 3.63) is 0 Å². The molecule has 2 fully saturated rings. The van der Waals surface area contributed by atoms with Crippen LogP contribution in [0.2, 0.25) is 0 Å². The molecule has 0 aromatic rings. The molecule has 2 rings (SSSR count). The Labute approximate surface area is 93.0 Å². The van der Waals surface area contributed by atoms with Crippen LogP contribution in [0.1, 0.15) is 59.8 Å². The van der Waals surface area contributed by atoms with Crippen molar-refractivity contribution in [2.45, 2.75) is 77.1 Å². The highest BCUT2D eigenvalue weighted by atomic mass is 16.5. The second kappa shape index (κ2) is 3.21. The van der Waals surface area contributed by atoms with Crippen molar-refractivity contribution >= 4 is 0 Å². The zero-order valence-electron chi connectivity index (χ0n) is 10.5. The number of aliphatic hydroxyl groups is 1. The van der Waals surface area contributed by atoms with Crippen LogP contribution in [0.5, 0.6) is 0 Å². The lowest BCUT2D eigenvalue weighted by Crippen LogP contribution is -2.63. The standard InChI is InChI=1S/C13H24O2/c1-10-6-9-13(15-10)11(2,3)7-5-8-12(13,4)14/h10,14H,5-9H2,1-4H3/t10-,12-,13+/m0/s1. The Kier molecular flexibility index (Phi) is 2.44. The first-order chi connectivity index (χ1) is 6.81. The second-order valence-electron chi connectivity index (χ2n) is 6.31. The summed E-state index contributed by atoms with van der Waals surface area (Å²) in [5, 5.41) is 10.7. The Hall–Kier alpha value is -0.0800. The van der Waals surface area contributed by atoms with Gasteiger partial charge < -0.3 is 9.84 Å². The Morgan fingerprint density at radius 2 is 1.80 bits per heavy atom. The van der Waals surface area contributed by atoms with Gasteiger partial charge in [0.05, 0.1) is 11.7 Å². The summed E-state index contributed by atoms with van der Waals surface area (Å²) < 4.78 is 6.17. The monoisotopic (exact) mass is 212 g/mol. The van der Waals surface area contributed by atoms with Crippen molar-refractivity contribution in [2.75, 3.05) is 0 Å². The quantitative estimate of drug-likeness (QED) is 0.669. The number of hydrogen-bond donors (Lipinski definition) is 1. The Bertz CT molecular complexity index is 239. The van der Waals surface area contributed by atoms with Crippen LogP contribution in [-0.4, -0.2) is 22.4 Å². The van der Waals surface area contributed by atoms with Crippen molar-refractivity contribution < 1.29 is 9.84 Å². The molecule has 15 heavy (non-hydrogen) atoms. The normalized spacial score (nSPS) is 49.8. The molecule has 0 bridgehead atoms. The van der Waals surface area contributed by atoms with E-state index in [1.54, 1.807) is 0 Å². The molecule has 1 heterocycles.